The third-order valence-electron chi connectivity index (χ3n) is 6.22. The third-order valence-corrected chi connectivity index (χ3v) is 7.38. The number of allylic oxidation sites excluding steroid dienone is 1. The molecule has 6 nitrogen and oxygen atoms in total. The Morgan fingerprint density at radius 1 is 1.15 bits per heavy atom. The summed E-state index contributed by atoms with van der Waals surface area (Å²) in [7, 11) is 3.17. The SMILES string of the molecule is CCCCc1ccc(N2CSC3=C(C#N)C(c4cccc(OC)c4OC)CC(=O)N3C2)cc1. The number of anilines is 1. The predicted octanol–water partition coefficient (Wildman–Crippen LogP) is 5.27. The lowest BCUT2D eigenvalue weighted by molar-refractivity contribution is -0.129. The standard InChI is InChI=1S/C26H29N3O3S/c1-4-5-7-18-10-12-19(13-11-18)28-16-29-24(30)14-21(22(15-27)26(29)33-17-28)20-8-6-9-23(31-2)25(20)32-3/h6,8-13,21H,4-5,7,14,16-17H2,1-3H3. The fourth-order valence-electron chi connectivity index (χ4n) is 4.43. The highest BCUT2D eigenvalue weighted by Crippen LogP contribution is 2.47. The number of hydrogen-bond acceptors (Lipinski definition) is 6. The van der Waals surface area contributed by atoms with E-state index in [-0.39, 0.29) is 18.2 Å². The van der Waals surface area contributed by atoms with Gasteiger partial charge in [-0.05, 0) is 36.6 Å². The van der Waals surface area contributed by atoms with Crippen molar-refractivity contribution in [3.05, 3.63) is 64.2 Å². The molecule has 2 aromatic carbocycles. The highest BCUT2D eigenvalue weighted by Gasteiger charge is 2.39. The Kier molecular flexibility index (Phi) is 7.14. The van der Waals surface area contributed by atoms with Crippen LogP contribution in [-0.2, 0) is 11.2 Å². The fraction of sp³-hybridized carbons (Fsp3) is 0.385. The summed E-state index contributed by atoms with van der Waals surface area (Å²) in [6.07, 6.45) is 3.68. The topological polar surface area (TPSA) is 65.8 Å². The van der Waals surface area contributed by atoms with Crippen LogP contribution in [0.1, 0.15) is 43.2 Å². The minimum Gasteiger partial charge on any atom is -0.493 e. The molecule has 0 bridgehead atoms. The molecule has 2 heterocycles. The van der Waals surface area contributed by atoms with Crippen LogP contribution in [0.5, 0.6) is 11.5 Å². The second-order valence-corrected chi connectivity index (χ2v) is 9.15. The lowest BCUT2D eigenvalue weighted by atomic mass is 9.85. The Labute approximate surface area is 199 Å². The van der Waals surface area contributed by atoms with E-state index >= 15 is 0 Å². The van der Waals surface area contributed by atoms with Gasteiger partial charge in [0, 0.05) is 23.6 Å². The molecule has 1 amide bonds. The number of nitrogens with zero attached hydrogens (tertiary/aromatic N) is 3. The second kappa shape index (κ2) is 10.2. The minimum atomic E-state index is -0.351. The third kappa shape index (κ3) is 4.53. The number of ether oxygens (including phenoxy) is 2. The van der Waals surface area contributed by atoms with Gasteiger partial charge < -0.3 is 14.4 Å². The maximum Gasteiger partial charge on any atom is 0.229 e. The highest BCUT2D eigenvalue weighted by molar-refractivity contribution is 8.03. The molecule has 0 radical (unpaired) electrons. The zero-order chi connectivity index (χ0) is 23.4. The van der Waals surface area contributed by atoms with Crippen LogP contribution in [0.25, 0.3) is 0 Å². The molecule has 0 aliphatic carbocycles. The molecule has 4 rings (SSSR count). The van der Waals surface area contributed by atoms with Crippen LogP contribution in [0.4, 0.5) is 5.69 Å². The summed E-state index contributed by atoms with van der Waals surface area (Å²) in [5, 5.41) is 10.8. The summed E-state index contributed by atoms with van der Waals surface area (Å²) >= 11 is 1.54. The number of nitriles is 1. The molecule has 1 unspecified atom stereocenters. The average molecular weight is 464 g/mol. The van der Waals surface area contributed by atoms with E-state index in [1.54, 1.807) is 30.9 Å². The van der Waals surface area contributed by atoms with Crippen LogP contribution in [-0.4, -0.2) is 37.6 Å². The second-order valence-electron chi connectivity index (χ2n) is 8.22. The van der Waals surface area contributed by atoms with Crippen LogP contribution in [0.3, 0.4) is 0 Å². The van der Waals surface area contributed by atoms with E-state index in [0.717, 1.165) is 22.7 Å². The van der Waals surface area contributed by atoms with Crippen LogP contribution in [0.2, 0.25) is 0 Å². The van der Waals surface area contributed by atoms with Gasteiger partial charge in [0.15, 0.2) is 11.5 Å². The van der Waals surface area contributed by atoms with Crippen LogP contribution in [0, 0.1) is 11.3 Å². The number of benzene rings is 2. The van der Waals surface area contributed by atoms with E-state index in [2.05, 4.69) is 42.2 Å². The first kappa shape index (κ1) is 23.1. The van der Waals surface area contributed by atoms with E-state index in [1.807, 2.05) is 18.2 Å². The van der Waals surface area contributed by atoms with Gasteiger partial charge in [0.05, 0.1) is 43.4 Å². The van der Waals surface area contributed by atoms with Crippen molar-refractivity contribution in [2.24, 2.45) is 0 Å². The summed E-state index contributed by atoms with van der Waals surface area (Å²) in [6.45, 7) is 2.65. The molecule has 7 heteroatoms. The molecule has 2 aliphatic rings. The van der Waals surface area contributed by atoms with Gasteiger partial charge in [-0.3, -0.25) is 9.69 Å². The molecule has 172 valence electrons. The Hall–Kier alpha value is -3.11. The number of para-hydroxylation sites is 1. The largest absolute Gasteiger partial charge is 0.493 e. The van der Waals surface area contributed by atoms with Gasteiger partial charge >= 0.3 is 0 Å². The zero-order valence-corrected chi connectivity index (χ0v) is 20.2. The molecule has 0 spiro atoms. The van der Waals surface area contributed by atoms with Crippen molar-refractivity contribution in [2.45, 2.75) is 38.5 Å². The highest BCUT2D eigenvalue weighted by atomic mass is 32.2. The maximum atomic E-state index is 13.2. The van der Waals surface area contributed by atoms with E-state index in [9.17, 15) is 10.1 Å². The molecule has 0 saturated carbocycles. The van der Waals surface area contributed by atoms with E-state index < -0.39 is 0 Å². The van der Waals surface area contributed by atoms with Crippen molar-refractivity contribution in [3.63, 3.8) is 0 Å². The van der Waals surface area contributed by atoms with Crippen LogP contribution >= 0.6 is 11.8 Å². The van der Waals surface area contributed by atoms with Crippen molar-refractivity contribution < 1.29 is 14.3 Å². The molecule has 2 aliphatic heterocycles. The van der Waals surface area contributed by atoms with Gasteiger partial charge in [-0.1, -0.05) is 49.4 Å². The van der Waals surface area contributed by atoms with Crippen LogP contribution in [0.15, 0.2) is 53.1 Å². The van der Waals surface area contributed by atoms with Gasteiger partial charge in [-0.2, -0.15) is 5.26 Å². The van der Waals surface area contributed by atoms with Gasteiger partial charge in [0.25, 0.3) is 0 Å². The number of rotatable bonds is 7. The van der Waals surface area contributed by atoms with Gasteiger partial charge in [-0.25, -0.2) is 0 Å². The summed E-state index contributed by atoms with van der Waals surface area (Å²) < 4.78 is 11.0. The van der Waals surface area contributed by atoms with Gasteiger partial charge in [0.1, 0.15) is 0 Å². The number of hydrogen-bond donors (Lipinski definition) is 0. The molecule has 0 N–H and O–H groups in total. The first-order valence-corrected chi connectivity index (χ1v) is 12.2. The fourth-order valence-corrected chi connectivity index (χ4v) is 5.60. The number of methoxy groups -OCH3 is 2. The number of aryl methyl sites for hydroxylation is 1. The molecular weight excluding hydrogens is 434 g/mol. The van der Waals surface area contributed by atoms with Crippen molar-refractivity contribution in [3.8, 4) is 17.6 Å². The Bertz CT molecular complexity index is 1090. The molecule has 2 aromatic rings. The van der Waals surface area contributed by atoms with Gasteiger partial charge in [-0.15, -0.1) is 0 Å². The molecule has 0 aromatic heterocycles. The average Bonchev–Trinajstić information content (AvgIpc) is 2.87. The first-order valence-electron chi connectivity index (χ1n) is 11.2. The van der Waals surface area contributed by atoms with E-state index in [4.69, 9.17) is 9.47 Å². The number of amides is 1. The number of carbonyl (C=O) groups excluding carboxylic acids is 1. The molecule has 1 saturated heterocycles. The number of thioether (sulfide) groups is 1. The number of unbranched alkanes of at least 4 members (excludes halogenated alkanes) is 1. The minimum absolute atomic E-state index is 0.00985. The molecule has 33 heavy (non-hydrogen) atoms. The van der Waals surface area contributed by atoms with Crippen molar-refractivity contribution in [1.82, 2.24) is 4.90 Å². The molecule has 1 fully saturated rings. The first-order chi connectivity index (χ1) is 16.1. The lowest BCUT2D eigenvalue weighted by Crippen LogP contribution is -2.47. The summed E-state index contributed by atoms with van der Waals surface area (Å²) in [4.78, 5) is 17.2. The normalized spacial score (nSPS) is 18.1. The van der Waals surface area contributed by atoms with Crippen molar-refractivity contribution in [2.75, 3.05) is 31.7 Å². The molecular formula is C26H29N3O3S. The van der Waals surface area contributed by atoms with Crippen molar-refractivity contribution in [1.29, 1.82) is 5.26 Å². The number of carbonyl (C=O) groups is 1. The Morgan fingerprint density at radius 3 is 2.61 bits per heavy atom. The van der Waals surface area contributed by atoms with E-state index in [1.165, 1.54) is 18.4 Å². The quantitative estimate of drug-likeness (QED) is 0.558. The number of fused-ring (bicyclic) bond motifs is 1. The smallest absolute Gasteiger partial charge is 0.229 e. The summed E-state index contributed by atoms with van der Waals surface area (Å²) in [5.74, 6) is 1.51. The summed E-state index contributed by atoms with van der Waals surface area (Å²) in [6, 6.07) is 16.6. The van der Waals surface area contributed by atoms with Crippen molar-refractivity contribution >= 4 is 23.4 Å². The summed E-state index contributed by atoms with van der Waals surface area (Å²) in [5.41, 5.74) is 3.84. The molecule has 1 atom stereocenters. The lowest BCUT2D eigenvalue weighted by Gasteiger charge is -2.42. The Balaban J connectivity index is 1.61. The predicted molar refractivity (Wildman–Crippen MR) is 131 cm³/mol. The zero-order valence-electron chi connectivity index (χ0n) is 19.3. The Morgan fingerprint density at radius 2 is 1.94 bits per heavy atom. The van der Waals surface area contributed by atoms with E-state index in [0.29, 0.717) is 29.6 Å². The van der Waals surface area contributed by atoms with Gasteiger partial charge in [0.2, 0.25) is 5.91 Å². The van der Waals surface area contributed by atoms with Crippen LogP contribution < -0.4 is 14.4 Å². The monoisotopic (exact) mass is 463 g/mol. The maximum absolute atomic E-state index is 13.2.